The zero-order valence-electron chi connectivity index (χ0n) is 20.6. The smallest absolute Gasteiger partial charge is 0.357 e. The Kier molecular flexibility index (Phi) is 8.52. The highest BCUT2D eigenvalue weighted by Gasteiger charge is 2.18. The number of benzene rings is 1. The number of nitrogens with zero attached hydrogens (tertiary/aromatic N) is 4. The van der Waals surface area contributed by atoms with E-state index in [1.54, 1.807) is 43.3 Å². The van der Waals surface area contributed by atoms with Crippen LogP contribution < -0.4 is 10.6 Å². The first-order chi connectivity index (χ1) is 17.1. The molecule has 186 valence electrons. The highest BCUT2D eigenvalue weighted by Crippen LogP contribution is 2.19. The van der Waals surface area contributed by atoms with Crippen LogP contribution in [-0.2, 0) is 9.47 Å². The summed E-state index contributed by atoms with van der Waals surface area (Å²) in [5.74, 6) is -0.126. The Morgan fingerprint density at radius 3 is 2.36 bits per heavy atom. The Morgan fingerprint density at radius 2 is 1.72 bits per heavy atom. The second-order valence-electron chi connectivity index (χ2n) is 8.83. The van der Waals surface area contributed by atoms with Crippen LogP contribution in [0.3, 0.4) is 0 Å². The first-order valence-corrected chi connectivity index (χ1v) is 11.4. The summed E-state index contributed by atoms with van der Waals surface area (Å²) >= 11 is 0. The van der Waals surface area contributed by atoms with E-state index in [0.29, 0.717) is 30.0 Å². The van der Waals surface area contributed by atoms with Gasteiger partial charge in [0.05, 0.1) is 17.2 Å². The zero-order chi connectivity index (χ0) is 26.1. The number of hydrogen-bond donors (Lipinski definition) is 2. The van der Waals surface area contributed by atoms with Gasteiger partial charge in [0.1, 0.15) is 17.5 Å². The van der Waals surface area contributed by atoms with E-state index in [4.69, 9.17) is 14.7 Å². The average Bonchev–Trinajstić information content (AvgIpc) is 2.86. The van der Waals surface area contributed by atoms with Crippen molar-refractivity contribution in [2.45, 2.75) is 39.4 Å². The summed E-state index contributed by atoms with van der Waals surface area (Å²) < 4.78 is 10.8. The fourth-order valence-electron chi connectivity index (χ4n) is 3.00. The number of ether oxygens (including phenoxy) is 2. The molecule has 3 aromatic rings. The van der Waals surface area contributed by atoms with Gasteiger partial charge >= 0.3 is 11.9 Å². The normalized spacial score (nSPS) is 11.6. The largest absolute Gasteiger partial charge is 0.456 e. The van der Waals surface area contributed by atoms with Gasteiger partial charge in [-0.15, -0.1) is 0 Å². The Bertz CT molecular complexity index is 1230. The number of nitriles is 1. The van der Waals surface area contributed by atoms with Crippen LogP contribution in [-0.4, -0.2) is 45.6 Å². The molecule has 0 aliphatic carbocycles. The topological polar surface area (TPSA) is 139 Å². The summed E-state index contributed by atoms with van der Waals surface area (Å²) in [6.07, 6.45) is 2.43. The van der Waals surface area contributed by atoms with Crippen LogP contribution in [0, 0.1) is 11.3 Å². The van der Waals surface area contributed by atoms with Gasteiger partial charge < -0.3 is 20.1 Å². The highest BCUT2D eigenvalue weighted by atomic mass is 16.6. The molecule has 36 heavy (non-hydrogen) atoms. The van der Waals surface area contributed by atoms with E-state index in [9.17, 15) is 9.59 Å². The second kappa shape index (κ2) is 11.8. The van der Waals surface area contributed by atoms with Gasteiger partial charge in [-0.25, -0.2) is 24.5 Å². The molecule has 0 spiro atoms. The summed E-state index contributed by atoms with van der Waals surface area (Å²) in [7, 11) is 0. The van der Waals surface area contributed by atoms with Crippen molar-refractivity contribution in [1.29, 1.82) is 5.26 Å². The summed E-state index contributed by atoms with van der Waals surface area (Å²) in [5.41, 5.74) is 1.24. The molecule has 0 fully saturated rings. The number of esters is 2. The molecule has 0 bridgehead atoms. The third-order valence-corrected chi connectivity index (χ3v) is 4.77. The number of aromatic nitrogens is 3. The molecule has 2 aromatic heterocycles. The number of carbonyl (C=O) groups is 2. The molecule has 0 radical (unpaired) electrons. The quantitative estimate of drug-likeness (QED) is 0.334. The number of hydrogen-bond acceptors (Lipinski definition) is 10. The van der Waals surface area contributed by atoms with Crippen molar-refractivity contribution >= 4 is 23.7 Å². The molecule has 10 nitrogen and oxygen atoms in total. The molecule has 0 saturated heterocycles. The van der Waals surface area contributed by atoms with E-state index >= 15 is 0 Å². The van der Waals surface area contributed by atoms with Gasteiger partial charge in [-0.05, 0) is 63.6 Å². The van der Waals surface area contributed by atoms with Crippen molar-refractivity contribution in [2.75, 3.05) is 23.7 Å². The lowest BCUT2D eigenvalue weighted by molar-refractivity contribution is 0.00686. The van der Waals surface area contributed by atoms with Crippen LogP contribution in [0.15, 0.2) is 54.9 Å². The predicted molar refractivity (Wildman–Crippen MR) is 133 cm³/mol. The van der Waals surface area contributed by atoms with Gasteiger partial charge in [0.2, 0.25) is 5.95 Å². The predicted octanol–water partition coefficient (Wildman–Crippen LogP) is 4.14. The molecule has 1 unspecified atom stereocenters. The number of pyridine rings is 1. The van der Waals surface area contributed by atoms with Gasteiger partial charge in [-0.2, -0.15) is 5.26 Å². The Labute approximate surface area is 209 Å². The van der Waals surface area contributed by atoms with Crippen molar-refractivity contribution in [2.24, 2.45) is 0 Å². The lowest BCUT2D eigenvalue weighted by Gasteiger charge is -2.19. The Hall–Kier alpha value is -4.52. The highest BCUT2D eigenvalue weighted by molar-refractivity contribution is 5.89. The summed E-state index contributed by atoms with van der Waals surface area (Å²) in [4.78, 5) is 37.2. The number of carbonyl (C=O) groups excluding carboxylic acids is 2. The molecular formula is C26H28N6O4. The molecule has 2 N–H and O–H groups in total. The minimum Gasteiger partial charge on any atom is -0.456 e. The van der Waals surface area contributed by atoms with E-state index in [-0.39, 0.29) is 11.6 Å². The molecule has 1 atom stereocenters. The number of nitrogens with one attached hydrogen (secondary N) is 2. The molecule has 0 aliphatic heterocycles. The molecule has 10 heteroatoms. The molecule has 1 aromatic carbocycles. The minimum atomic E-state index is -0.579. The van der Waals surface area contributed by atoms with Crippen LogP contribution in [0.1, 0.15) is 65.8 Å². The van der Waals surface area contributed by atoms with Crippen molar-refractivity contribution in [1.82, 2.24) is 15.0 Å². The van der Waals surface area contributed by atoms with Crippen molar-refractivity contribution in [3.63, 3.8) is 0 Å². The van der Waals surface area contributed by atoms with E-state index in [0.717, 1.165) is 5.56 Å². The van der Waals surface area contributed by atoms with Crippen LogP contribution in [0.4, 0.5) is 11.8 Å². The SMILES string of the molecule is CC(OC(=O)c1ccnc(NCCNc2ccc(C(=O)OC(C)(C)C)cn2)n1)c1ccc(C#N)cc1. The first-order valence-electron chi connectivity index (χ1n) is 11.4. The molecule has 3 rings (SSSR count). The molecular weight excluding hydrogens is 460 g/mol. The van der Waals surface area contributed by atoms with E-state index in [2.05, 4.69) is 31.7 Å². The lowest BCUT2D eigenvalue weighted by Crippen LogP contribution is -2.24. The molecule has 0 saturated carbocycles. The van der Waals surface area contributed by atoms with Crippen molar-refractivity contribution < 1.29 is 19.1 Å². The van der Waals surface area contributed by atoms with Gasteiger partial charge in [-0.1, -0.05) is 12.1 Å². The summed E-state index contributed by atoms with van der Waals surface area (Å²) in [5, 5.41) is 15.1. The van der Waals surface area contributed by atoms with Crippen molar-refractivity contribution in [3.05, 3.63) is 77.2 Å². The number of rotatable bonds is 9. The molecule has 0 amide bonds. The standard InChI is InChI=1S/C26H28N6O4/c1-17(19-7-5-18(15-27)6-8-19)35-24(34)21-11-12-29-25(32-21)30-14-13-28-22-10-9-20(16-31-22)23(33)36-26(2,3)4/h5-12,16-17H,13-14H2,1-4H3,(H,28,31)(H,29,30,32). The maximum Gasteiger partial charge on any atom is 0.357 e. The third kappa shape index (κ3) is 7.77. The number of anilines is 2. The van der Waals surface area contributed by atoms with Gasteiger partial charge in [0.15, 0.2) is 5.69 Å². The van der Waals surface area contributed by atoms with Gasteiger partial charge in [0, 0.05) is 25.5 Å². The maximum absolute atomic E-state index is 12.5. The summed E-state index contributed by atoms with van der Waals surface area (Å²) in [6, 6.07) is 13.7. The Morgan fingerprint density at radius 1 is 1.00 bits per heavy atom. The fourth-order valence-corrected chi connectivity index (χ4v) is 3.00. The fraction of sp³-hybridized carbons (Fsp3) is 0.308. The monoisotopic (exact) mass is 488 g/mol. The first kappa shape index (κ1) is 26.1. The van der Waals surface area contributed by atoms with Crippen LogP contribution in [0.25, 0.3) is 0 Å². The average molecular weight is 489 g/mol. The zero-order valence-corrected chi connectivity index (χ0v) is 20.6. The third-order valence-electron chi connectivity index (χ3n) is 4.77. The van der Waals surface area contributed by atoms with Gasteiger partial charge in [-0.3, -0.25) is 0 Å². The Balaban J connectivity index is 1.47. The van der Waals surface area contributed by atoms with E-state index in [1.807, 2.05) is 20.8 Å². The van der Waals surface area contributed by atoms with E-state index < -0.39 is 23.6 Å². The molecule has 2 heterocycles. The lowest BCUT2D eigenvalue weighted by atomic mass is 10.1. The summed E-state index contributed by atoms with van der Waals surface area (Å²) in [6.45, 7) is 8.12. The van der Waals surface area contributed by atoms with Crippen molar-refractivity contribution in [3.8, 4) is 6.07 Å². The van der Waals surface area contributed by atoms with Crippen LogP contribution in [0.2, 0.25) is 0 Å². The maximum atomic E-state index is 12.5. The molecule has 0 aliphatic rings. The van der Waals surface area contributed by atoms with Crippen LogP contribution >= 0.6 is 0 Å². The minimum absolute atomic E-state index is 0.125. The van der Waals surface area contributed by atoms with E-state index in [1.165, 1.54) is 18.5 Å². The van der Waals surface area contributed by atoms with Gasteiger partial charge in [0.25, 0.3) is 0 Å². The second-order valence-corrected chi connectivity index (χ2v) is 8.83. The van der Waals surface area contributed by atoms with Crippen LogP contribution in [0.5, 0.6) is 0 Å².